The van der Waals surface area contributed by atoms with Crippen LogP contribution in [-0.2, 0) is 0 Å². The summed E-state index contributed by atoms with van der Waals surface area (Å²) in [6.45, 7) is 1.83. The van der Waals surface area contributed by atoms with Gasteiger partial charge in [-0.25, -0.2) is 4.98 Å². The summed E-state index contributed by atoms with van der Waals surface area (Å²) in [6.07, 6.45) is 1.87. The summed E-state index contributed by atoms with van der Waals surface area (Å²) in [7, 11) is 1.81. The first-order valence-electron chi connectivity index (χ1n) is 7.74. The number of amides is 1. The van der Waals surface area contributed by atoms with Gasteiger partial charge in [0.25, 0.3) is 11.6 Å². The fourth-order valence-corrected chi connectivity index (χ4v) is 3.59. The van der Waals surface area contributed by atoms with Gasteiger partial charge in [-0.05, 0) is 25.9 Å². The molecule has 0 atom stereocenters. The van der Waals surface area contributed by atoms with Crippen molar-refractivity contribution in [2.45, 2.75) is 18.9 Å². The lowest BCUT2D eigenvalue weighted by molar-refractivity contribution is -0.384. The zero-order valence-electron chi connectivity index (χ0n) is 13.7. The Labute approximate surface area is 155 Å². The summed E-state index contributed by atoms with van der Waals surface area (Å²) < 4.78 is 0. The molecule has 3 rings (SSSR count). The van der Waals surface area contributed by atoms with Gasteiger partial charge in [0.2, 0.25) is 0 Å². The van der Waals surface area contributed by atoms with Gasteiger partial charge >= 0.3 is 0 Å². The Kier molecular flexibility index (Phi) is 6.46. The Morgan fingerprint density at radius 3 is 2.80 bits per heavy atom. The highest BCUT2D eigenvalue weighted by atomic mass is 35.5. The van der Waals surface area contributed by atoms with E-state index >= 15 is 0 Å². The molecular formula is C16H19ClN4O3S. The molecule has 25 heavy (non-hydrogen) atoms. The van der Waals surface area contributed by atoms with Crippen LogP contribution >= 0.6 is 23.7 Å². The van der Waals surface area contributed by atoms with Crippen molar-refractivity contribution < 1.29 is 9.72 Å². The normalized spacial score (nSPS) is 14.6. The van der Waals surface area contributed by atoms with Gasteiger partial charge in [-0.15, -0.1) is 23.7 Å². The number of nitro benzene ring substituents is 1. The quantitative estimate of drug-likeness (QED) is 0.648. The number of carbonyl (C=O) groups is 1. The van der Waals surface area contributed by atoms with E-state index in [1.807, 2.05) is 7.05 Å². The number of thiazole rings is 1. The van der Waals surface area contributed by atoms with E-state index in [0.29, 0.717) is 16.3 Å². The van der Waals surface area contributed by atoms with E-state index < -0.39 is 4.92 Å². The molecule has 0 bridgehead atoms. The van der Waals surface area contributed by atoms with Crippen molar-refractivity contribution in [1.29, 1.82) is 0 Å². The van der Waals surface area contributed by atoms with Crippen LogP contribution in [0.3, 0.4) is 0 Å². The number of nitrogens with one attached hydrogen (secondary N) is 1. The predicted molar refractivity (Wildman–Crippen MR) is 99.4 cm³/mol. The molecule has 1 aliphatic heterocycles. The van der Waals surface area contributed by atoms with Crippen molar-refractivity contribution in [3.05, 3.63) is 45.5 Å². The zero-order chi connectivity index (χ0) is 17.1. The molecule has 134 valence electrons. The first kappa shape index (κ1) is 19.3. The highest BCUT2D eigenvalue weighted by molar-refractivity contribution is 7.13. The Morgan fingerprint density at radius 2 is 2.12 bits per heavy atom. The van der Waals surface area contributed by atoms with E-state index in [2.05, 4.69) is 10.3 Å². The van der Waals surface area contributed by atoms with E-state index in [4.69, 9.17) is 0 Å². The number of non-ortho nitro benzene ring substituents is 1. The molecule has 0 saturated carbocycles. The van der Waals surface area contributed by atoms with Gasteiger partial charge in [0.15, 0.2) is 0 Å². The molecule has 2 aromatic rings. The van der Waals surface area contributed by atoms with Gasteiger partial charge in [-0.2, -0.15) is 0 Å². The van der Waals surface area contributed by atoms with Gasteiger partial charge in [0.1, 0.15) is 10.7 Å². The van der Waals surface area contributed by atoms with Crippen LogP contribution in [-0.4, -0.2) is 46.9 Å². The molecular weight excluding hydrogens is 364 g/mol. The molecule has 0 radical (unpaired) electrons. The summed E-state index contributed by atoms with van der Waals surface area (Å²) in [6, 6.07) is 6.52. The number of rotatable bonds is 4. The van der Waals surface area contributed by atoms with Crippen molar-refractivity contribution in [1.82, 2.24) is 15.2 Å². The van der Waals surface area contributed by atoms with Crippen LogP contribution in [0.2, 0.25) is 0 Å². The smallest absolute Gasteiger partial charge is 0.273 e. The topological polar surface area (TPSA) is 88.4 Å². The number of benzene rings is 1. The molecule has 1 aromatic heterocycles. The van der Waals surface area contributed by atoms with Gasteiger partial charge in [0, 0.05) is 36.2 Å². The lowest BCUT2D eigenvalue weighted by Gasteiger charge is -2.31. The van der Waals surface area contributed by atoms with E-state index in [1.54, 1.807) is 22.4 Å². The second-order valence-corrected chi connectivity index (χ2v) is 6.60. The number of piperidine rings is 1. The van der Waals surface area contributed by atoms with E-state index in [1.165, 1.54) is 23.5 Å². The van der Waals surface area contributed by atoms with E-state index in [-0.39, 0.29) is 30.0 Å². The molecule has 1 saturated heterocycles. The number of hydrogen-bond donors (Lipinski definition) is 1. The molecule has 1 aliphatic rings. The molecule has 7 nitrogen and oxygen atoms in total. The van der Waals surface area contributed by atoms with Crippen LogP contribution in [0.1, 0.15) is 23.3 Å². The highest BCUT2D eigenvalue weighted by Gasteiger charge is 2.24. The standard InChI is InChI=1S/C16H18N4O3S.ClH/c1-19(12-5-7-17-8-6-12)16(21)14-10-24-15(18-14)11-3-2-4-13(9-11)20(22)23;/h2-4,9-10,12,17H,5-8H2,1H3;1H. The van der Waals surface area contributed by atoms with Gasteiger partial charge in [-0.1, -0.05) is 12.1 Å². The third-order valence-corrected chi connectivity index (χ3v) is 5.10. The van der Waals surface area contributed by atoms with Crippen LogP contribution in [0.5, 0.6) is 0 Å². The Balaban J connectivity index is 0.00000225. The van der Waals surface area contributed by atoms with Crippen LogP contribution in [0, 0.1) is 10.1 Å². The molecule has 0 unspecified atom stereocenters. The maximum Gasteiger partial charge on any atom is 0.273 e. The largest absolute Gasteiger partial charge is 0.337 e. The van der Waals surface area contributed by atoms with Crippen LogP contribution < -0.4 is 5.32 Å². The van der Waals surface area contributed by atoms with Crippen molar-refractivity contribution in [3.63, 3.8) is 0 Å². The molecule has 0 aliphatic carbocycles. The van der Waals surface area contributed by atoms with E-state index in [9.17, 15) is 14.9 Å². The number of hydrogen-bond acceptors (Lipinski definition) is 6. The van der Waals surface area contributed by atoms with Crippen molar-refractivity contribution in [2.75, 3.05) is 20.1 Å². The lowest BCUT2D eigenvalue weighted by atomic mass is 10.1. The highest BCUT2D eigenvalue weighted by Crippen LogP contribution is 2.27. The SMILES string of the molecule is CN(C(=O)c1csc(-c2cccc([N+](=O)[O-])c2)n1)C1CCNCC1.Cl. The first-order chi connectivity index (χ1) is 11.6. The summed E-state index contributed by atoms with van der Waals surface area (Å²) in [5.74, 6) is -0.102. The summed E-state index contributed by atoms with van der Waals surface area (Å²) in [5.41, 5.74) is 1.06. The van der Waals surface area contributed by atoms with Crippen LogP contribution in [0.15, 0.2) is 29.6 Å². The van der Waals surface area contributed by atoms with Crippen molar-refractivity contribution in [3.8, 4) is 10.6 Å². The summed E-state index contributed by atoms with van der Waals surface area (Å²) in [5, 5.41) is 16.5. The molecule has 1 aromatic carbocycles. The molecule has 1 amide bonds. The van der Waals surface area contributed by atoms with Crippen LogP contribution in [0.25, 0.3) is 10.6 Å². The number of carbonyl (C=O) groups excluding carboxylic acids is 1. The second-order valence-electron chi connectivity index (χ2n) is 5.74. The lowest BCUT2D eigenvalue weighted by Crippen LogP contribution is -2.44. The van der Waals surface area contributed by atoms with Gasteiger partial charge in [0.05, 0.1) is 4.92 Å². The monoisotopic (exact) mass is 382 g/mol. The van der Waals surface area contributed by atoms with Gasteiger partial charge in [-0.3, -0.25) is 14.9 Å². The molecule has 2 heterocycles. The Morgan fingerprint density at radius 1 is 1.40 bits per heavy atom. The summed E-state index contributed by atoms with van der Waals surface area (Å²) >= 11 is 1.32. The maximum atomic E-state index is 12.6. The molecule has 0 spiro atoms. The zero-order valence-corrected chi connectivity index (χ0v) is 15.3. The molecule has 9 heteroatoms. The first-order valence-corrected chi connectivity index (χ1v) is 8.62. The summed E-state index contributed by atoms with van der Waals surface area (Å²) in [4.78, 5) is 29.2. The molecule has 1 fully saturated rings. The predicted octanol–water partition coefficient (Wildman–Crippen LogP) is 2.96. The van der Waals surface area contributed by atoms with E-state index in [0.717, 1.165) is 25.9 Å². The minimum atomic E-state index is -0.436. The van der Waals surface area contributed by atoms with Crippen LogP contribution in [0.4, 0.5) is 5.69 Å². The minimum Gasteiger partial charge on any atom is -0.337 e. The number of aromatic nitrogens is 1. The Bertz CT molecular complexity index is 761. The third-order valence-electron chi connectivity index (χ3n) is 4.20. The minimum absolute atomic E-state index is 0. The number of nitrogens with zero attached hydrogens (tertiary/aromatic N) is 3. The second kappa shape index (κ2) is 8.37. The van der Waals surface area contributed by atoms with Crippen molar-refractivity contribution >= 4 is 35.3 Å². The molecule has 1 N–H and O–H groups in total. The maximum absolute atomic E-state index is 12.6. The third kappa shape index (κ3) is 4.33. The number of nitro groups is 1. The van der Waals surface area contributed by atoms with Crippen molar-refractivity contribution in [2.24, 2.45) is 0 Å². The fourth-order valence-electron chi connectivity index (χ4n) is 2.80. The average Bonchev–Trinajstić information content (AvgIpc) is 3.11. The Hall–Kier alpha value is -2.03. The number of halogens is 1. The van der Waals surface area contributed by atoms with Gasteiger partial charge < -0.3 is 10.2 Å². The average molecular weight is 383 g/mol. The fraction of sp³-hybridized carbons (Fsp3) is 0.375.